The minimum absolute atomic E-state index is 0.0265. The summed E-state index contributed by atoms with van der Waals surface area (Å²) < 4.78 is 1.69. The molecule has 1 saturated heterocycles. The van der Waals surface area contributed by atoms with Crippen LogP contribution < -0.4 is 16.0 Å². The van der Waals surface area contributed by atoms with Gasteiger partial charge in [-0.1, -0.05) is 30.0 Å². The van der Waals surface area contributed by atoms with Crippen LogP contribution in [0.1, 0.15) is 60.7 Å². The van der Waals surface area contributed by atoms with Gasteiger partial charge in [0.1, 0.15) is 11.9 Å². The lowest BCUT2D eigenvalue weighted by molar-refractivity contribution is 0.0891. The van der Waals surface area contributed by atoms with Gasteiger partial charge in [0.05, 0.1) is 22.8 Å². The van der Waals surface area contributed by atoms with E-state index in [9.17, 15) is 10.1 Å². The molecule has 5 rings (SSSR count). The molecule has 4 heterocycles. The van der Waals surface area contributed by atoms with Crippen molar-refractivity contribution in [3.8, 4) is 29.0 Å². The lowest BCUT2D eigenvalue weighted by atomic mass is 9.89. The molecule has 0 unspecified atom stereocenters. The molecule has 40 heavy (non-hydrogen) atoms. The number of hydrogen-bond acceptors (Lipinski definition) is 6. The summed E-state index contributed by atoms with van der Waals surface area (Å²) in [5, 5.41) is 17.3. The molecule has 1 aliphatic heterocycles. The summed E-state index contributed by atoms with van der Waals surface area (Å²) in [6.07, 6.45) is 6.83. The number of nitrogens with one attached hydrogen (secondary N) is 1. The van der Waals surface area contributed by atoms with E-state index in [-0.39, 0.29) is 11.4 Å². The van der Waals surface area contributed by atoms with Crippen LogP contribution in [0.3, 0.4) is 0 Å². The normalized spacial score (nSPS) is 14.8. The SMILES string of the molecule is Cc1ccccc1C(=O)NC1(C)CCN(c2ccc(-c3cc(C#CC(C)(C)N)cn4ncc(C#N)c34)cn2)CC1. The van der Waals surface area contributed by atoms with Crippen molar-refractivity contribution < 1.29 is 4.79 Å². The fraction of sp³-hybridized carbons (Fsp3) is 0.312. The number of pyridine rings is 2. The van der Waals surface area contributed by atoms with Crippen LogP contribution in [0.4, 0.5) is 5.82 Å². The average molecular weight is 532 g/mol. The molecule has 1 fully saturated rings. The number of amides is 1. The van der Waals surface area contributed by atoms with E-state index in [1.54, 1.807) is 10.7 Å². The number of anilines is 1. The van der Waals surface area contributed by atoms with Gasteiger partial charge in [0, 0.05) is 53.3 Å². The zero-order valence-electron chi connectivity index (χ0n) is 23.3. The summed E-state index contributed by atoms with van der Waals surface area (Å²) in [5.41, 5.74) is 10.5. The Kier molecular flexibility index (Phi) is 7.06. The highest BCUT2D eigenvalue weighted by atomic mass is 16.1. The first-order valence-corrected chi connectivity index (χ1v) is 13.4. The van der Waals surface area contributed by atoms with Crippen molar-refractivity contribution in [1.82, 2.24) is 19.9 Å². The molecule has 3 N–H and O–H groups in total. The number of nitrogens with zero attached hydrogens (tertiary/aromatic N) is 5. The number of rotatable bonds is 4. The molecule has 0 aliphatic carbocycles. The maximum absolute atomic E-state index is 12.9. The van der Waals surface area contributed by atoms with Gasteiger partial charge in [0.25, 0.3) is 5.91 Å². The van der Waals surface area contributed by atoms with Gasteiger partial charge in [-0.3, -0.25) is 4.79 Å². The molecule has 0 bridgehead atoms. The van der Waals surface area contributed by atoms with Gasteiger partial charge >= 0.3 is 0 Å². The predicted molar refractivity (Wildman–Crippen MR) is 157 cm³/mol. The molecule has 1 aliphatic rings. The third-order valence-electron chi connectivity index (χ3n) is 7.32. The highest BCUT2D eigenvalue weighted by Gasteiger charge is 2.32. The van der Waals surface area contributed by atoms with Gasteiger partial charge in [0.15, 0.2) is 0 Å². The molecule has 8 heteroatoms. The molecule has 3 aromatic heterocycles. The van der Waals surface area contributed by atoms with Crippen LogP contribution in [0.2, 0.25) is 0 Å². The van der Waals surface area contributed by atoms with Crippen molar-refractivity contribution in [2.24, 2.45) is 5.73 Å². The Bertz CT molecular complexity index is 1670. The number of carbonyl (C=O) groups excluding carboxylic acids is 1. The van der Waals surface area contributed by atoms with E-state index < -0.39 is 5.54 Å². The standard InChI is InChI=1S/C32H33N7O/c1-22-7-5-6-8-26(22)30(40)37-32(4)13-15-38(16-14-32)28-10-9-24(19-35-28)27-17-23(11-12-31(2,3)34)21-39-29(27)25(18-33)20-36-39/h5-10,17,19-21H,13-16,34H2,1-4H3,(H,37,40). The maximum Gasteiger partial charge on any atom is 0.251 e. The van der Waals surface area contributed by atoms with E-state index in [4.69, 9.17) is 10.7 Å². The number of nitriles is 1. The Morgan fingerprint density at radius 3 is 2.55 bits per heavy atom. The number of benzene rings is 1. The molecule has 1 amide bonds. The van der Waals surface area contributed by atoms with Crippen LogP contribution in [-0.4, -0.2) is 44.7 Å². The topological polar surface area (TPSA) is 112 Å². The van der Waals surface area contributed by atoms with E-state index in [0.29, 0.717) is 11.1 Å². The van der Waals surface area contributed by atoms with Crippen molar-refractivity contribution in [2.45, 2.75) is 51.6 Å². The number of piperidine rings is 1. The van der Waals surface area contributed by atoms with E-state index >= 15 is 0 Å². The molecular weight excluding hydrogens is 498 g/mol. The predicted octanol–water partition coefficient (Wildman–Crippen LogP) is 4.45. The first-order valence-electron chi connectivity index (χ1n) is 13.4. The van der Waals surface area contributed by atoms with E-state index in [1.165, 1.54) is 0 Å². The minimum atomic E-state index is -0.631. The molecule has 0 atom stereocenters. The summed E-state index contributed by atoms with van der Waals surface area (Å²) in [6.45, 7) is 9.34. The first-order chi connectivity index (χ1) is 19.0. The van der Waals surface area contributed by atoms with Crippen LogP contribution >= 0.6 is 0 Å². The zero-order valence-corrected chi connectivity index (χ0v) is 23.3. The second-order valence-corrected chi connectivity index (χ2v) is 11.3. The molecule has 1 aromatic carbocycles. The fourth-order valence-corrected chi connectivity index (χ4v) is 4.98. The number of fused-ring (bicyclic) bond motifs is 1. The summed E-state index contributed by atoms with van der Waals surface area (Å²) in [5.74, 6) is 7.04. The number of hydrogen-bond donors (Lipinski definition) is 2. The first kappa shape index (κ1) is 26.9. The van der Waals surface area contributed by atoms with Gasteiger partial charge in [-0.15, -0.1) is 0 Å². The Morgan fingerprint density at radius 1 is 1.15 bits per heavy atom. The number of aryl methyl sites for hydroxylation is 1. The maximum atomic E-state index is 12.9. The number of nitrogens with two attached hydrogens (primary N) is 1. The van der Waals surface area contributed by atoms with Gasteiger partial charge in [-0.05, 0) is 70.4 Å². The number of aromatic nitrogens is 3. The van der Waals surface area contributed by atoms with E-state index in [2.05, 4.69) is 40.1 Å². The van der Waals surface area contributed by atoms with Gasteiger partial charge in [-0.25, -0.2) is 9.50 Å². The quantitative estimate of drug-likeness (QED) is 0.376. The molecule has 0 saturated carbocycles. The highest BCUT2D eigenvalue weighted by Crippen LogP contribution is 2.30. The van der Waals surface area contributed by atoms with Crippen LogP contribution in [0, 0.1) is 30.1 Å². The van der Waals surface area contributed by atoms with Crippen LogP contribution in [-0.2, 0) is 0 Å². The van der Waals surface area contributed by atoms with Crippen LogP contribution in [0.25, 0.3) is 16.6 Å². The van der Waals surface area contributed by atoms with Crippen molar-refractivity contribution >= 4 is 17.2 Å². The summed E-state index contributed by atoms with van der Waals surface area (Å²) in [4.78, 5) is 19.9. The van der Waals surface area contributed by atoms with E-state index in [0.717, 1.165) is 59.6 Å². The lowest BCUT2D eigenvalue weighted by Crippen LogP contribution is -2.53. The molecule has 0 spiro atoms. The second kappa shape index (κ2) is 10.5. The summed E-state index contributed by atoms with van der Waals surface area (Å²) in [7, 11) is 0. The van der Waals surface area contributed by atoms with Gasteiger partial charge < -0.3 is 16.0 Å². The largest absolute Gasteiger partial charge is 0.356 e. The minimum Gasteiger partial charge on any atom is -0.356 e. The Morgan fingerprint density at radius 2 is 1.90 bits per heavy atom. The Hall–Kier alpha value is -4.66. The third kappa shape index (κ3) is 5.68. The third-order valence-corrected chi connectivity index (χ3v) is 7.32. The van der Waals surface area contributed by atoms with Crippen molar-refractivity contribution in [3.05, 3.63) is 83.3 Å². The molecule has 202 valence electrons. The lowest BCUT2D eigenvalue weighted by Gasteiger charge is -2.40. The Labute approximate surface area is 234 Å². The summed E-state index contributed by atoms with van der Waals surface area (Å²) in [6, 6.07) is 15.9. The number of carbonyl (C=O) groups is 1. The van der Waals surface area contributed by atoms with Gasteiger partial charge in [0.2, 0.25) is 0 Å². The fourth-order valence-electron chi connectivity index (χ4n) is 4.98. The molecule has 8 nitrogen and oxygen atoms in total. The molecular formula is C32H33N7O. The Balaban J connectivity index is 1.35. The average Bonchev–Trinajstić information content (AvgIpc) is 3.35. The van der Waals surface area contributed by atoms with Crippen LogP contribution in [0.15, 0.2) is 61.1 Å². The van der Waals surface area contributed by atoms with Crippen molar-refractivity contribution in [1.29, 1.82) is 5.26 Å². The van der Waals surface area contributed by atoms with Crippen molar-refractivity contribution in [2.75, 3.05) is 18.0 Å². The summed E-state index contributed by atoms with van der Waals surface area (Å²) >= 11 is 0. The second-order valence-electron chi connectivity index (χ2n) is 11.3. The van der Waals surface area contributed by atoms with Crippen molar-refractivity contribution in [3.63, 3.8) is 0 Å². The molecule has 4 aromatic rings. The zero-order chi connectivity index (χ0) is 28.5. The van der Waals surface area contributed by atoms with Gasteiger partial charge in [-0.2, -0.15) is 10.4 Å². The smallest absolute Gasteiger partial charge is 0.251 e. The van der Waals surface area contributed by atoms with E-state index in [1.807, 2.05) is 75.6 Å². The van der Waals surface area contributed by atoms with Crippen LogP contribution in [0.5, 0.6) is 0 Å². The highest BCUT2D eigenvalue weighted by molar-refractivity contribution is 5.96. The monoisotopic (exact) mass is 531 g/mol. The molecule has 0 radical (unpaired) electrons.